The van der Waals surface area contributed by atoms with Crippen LogP contribution in [-0.2, 0) is 9.53 Å². The zero-order valence-electron chi connectivity index (χ0n) is 12.0. The highest BCUT2D eigenvalue weighted by molar-refractivity contribution is 6.30. The van der Waals surface area contributed by atoms with E-state index in [4.69, 9.17) is 16.3 Å². The van der Waals surface area contributed by atoms with E-state index in [2.05, 4.69) is 5.32 Å². The minimum absolute atomic E-state index is 0.185. The number of ether oxygens (including phenoxy) is 1. The fourth-order valence-corrected chi connectivity index (χ4v) is 1.81. The number of benzene rings is 2. The summed E-state index contributed by atoms with van der Waals surface area (Å²) < 4.78 is 30.8. The van der Waals surface area contributed by atoms with Gasteiger partial charge in [-0.25, -0.2) is 13.6 Å². The van der Waals surface area contributed by atoms with E-state index in [9.17, 15) is 18.4 Å². The Balaban J connectivity index is 1.98. The molecule has 0 aliphatic carbocycles. The number of hydrogen-bond acceptors (Lipinski definition) is 3. The molecule has 4 nitrogen and oxygen atoms in total. The Morgan fingerprint density at radius 2 is 1.74 bits per heavy atom. The summed E-state index contributed by atoms with van der Waals surface area (Å²) in [4.78, 5) is 23.7. The maximum atomic E-state index is 13.1. The van der Waals surface area contributed by atoms with E-state index < -0.39 is 29.6 Å². The maximum Gasteiger partial charge on any atom is 0.339 e. The first-order valence-corrected chi connectivity index (χ1v) is 6.97. The fraction of sp³-hybridized carbons (Fsp3) is 0.125. The van der Waals surface area contributed by atoms with Crippen LogP contribution in [-0.4, -0.2) is 18.0 Å². The van der Waals surface area contributed by atoms with Crippen LogP contribution in [0.5, 0.6) is 0 Å². The third-order valence-corrected chi connectivity index (χ3v) is 3.17. The Kier molecular flexibility index (Phi) is 5.28. The van der Waals surface area contributed by atoms with Gasteiger partial charge in [-0.05, 0) is 49.4 Å². The first kappa shape index (κ1) is 16.9. The molecule has 0 aliphatic rings. The number of esters is 1. The normalized spacial score (nSPS) is 11.7. The average molecular weight is 340 g/mol. The van der Waals surface area contributed by atoms with Crippen molar-refractivity contribution in [3.8, 4) is 0 Å². The van der Waals surface area contributed by atoms with Gasteiger partial charge in [0, 0.05) is 10.7 Å². The van der Waals surface area contributed by atoms with Crippen LogP contribution in [0.1, 0.15) is 17.3 Å². The monoisotopic (exact) mass is 339 g/mol. The van der Waals surface area contributed by atoms with E-state index in [1.165, 1.54) is 6.92 Å². The SMILES string of the molecule is CC(OC(=O)c1ccc(F)c(F)c1)C(=O)Nc1ccc(Cl)cc1. The smallest absolute Gasteiger partial charge is 0.339 e. The highest BCUT2D eigenvalue weighted by Gasteiger charge is 2.20. The second kappa shape index (κ2) is 7.19. The molecule has 0 fully saturated rings. The molecule has 0 saturated carbocycles. The van der Waals surface area contributed by atoms with Crippen LogP contribution in [0.3, 0.4) is 0 Å². The van der Waals surface area contributed by atoms with Crippen LogP contribution in [0.4, 0.5) is 14.5 Å². The molecule has 1 atom stereocenters. The number of halogens is 3. The van der Waals surface area contributed by atoms with E-state index >= 15 is 0 Å². The van der Waals surface area contributed by atoms with Crippen LogP contribution < -0.4 is 5.32 Å². The lowest BCUT2D eigenvalue weighted by molar-refractivity contribution is -0.123. The van der Waals surface area contributed by atoms with Gasteiger partial charge in [-0.3, -0.25) is 4.79 Å². The van der Waals surface area contributed by atoms with E-state index in [0.717, 1.165) is 12.1 Å². The fourth-order valence-electron chi connectivity index (χ4n) is 1.68. The lowest BCUT2D eigenvalue weighted by Crippen LogP contribution is -2.30. The number of nitrogens with one attached hydrogen (secondary N) is 1. The molecule has 120 valence electrons. The molecule has 0 spiro atoms. The molecule has 1 amide bonds. The largest absolute Gasteiger partial charge is 0.449 e. The molecule has 23 heavy (non-hydrogen) atoms. The van der Waals surface area contributed by atoms with Crippen molar-refractivity contribution in [2.75, 3.05) is 5.32 Å². The van der Waals surface area contributed by atoms with Crippen molar-refractivity contribution >= 4 is 29.2 Å². The van der Waals surface area contributed by atoms with Gasteiger partial charge in [0.2, 0.25) is 0 Å². The zero-order valence-corrected chi connectivity index (χ0v) is 12.7. The molecule has 0 heterocycles. The quantitative estimate of drug-likeness (QED) is 0.862. The number of hydrogen-bond donors (Lipinski definition) is 1. The predicted octanol–water partition coefficient (Wildman–Crippen LogP) is 3.80. The van der Waals surface area contributed by atoms with E-state index in [1.54, 1.807) is 24.3 Å². The maximum absolute atomic E-state index is 13.1. The number of carbonyl (C=O) groups is 2. The number of amides is 1. The summed E-state index contributed by atoms with van der Waals surface area (Å²) in [6, 6.07) is 8.95. The van der Waals surface area contributed by atoms with E-state index in [1.807, 2.05) is 0 Å². The zero-order chi connectivity index (χ0) is 17.0. The third-order valence-electron chi connectivity index (χ3n) is 2.92. The van der Waals surface area contributed by atoms with Crippen molar-refractivity contribution < 1.29 is 23.1 Å². The minimum Gasteiger partial charge on any atom is -0.449 e. The Morgan fingerprint density at radius 1 is 1.09 bits per heavy atom. The number of anilines is 1. The minimum atomic E-state index is -1.17. The molecule has 0 saturated heterocycles. The molecule has 1 unspecified atom stereocenters. The van der Waals surface area contributed by atoms with Gasteiger partial charge in [0.15, 0.2) is 17.7 Å². The molecule has 7 heteroatoms. The van der Waals surface area contributed by atoms with Crippen molar-refractivity contribution in [3.63, 3.8) is 0 Å². The Hall–Kier alpha value is -2.47. The second-order valence-corrected chi connectivity index (χ2v) is 5.11. The lowest BCUT2D eigenvalue weighted by atomic mass is 10.2. The average Bonchev–Trinajstić information content (AvgIpc) is 2.52. The van der Waals surface area contributed by atoms with Crippen LogP contribution in [0, 0.1) is 11.6 Å². The Labute approximate surface area is 136 Å². The summed E-state index contributed by atoms with van der Waals surface area (Å²) in [7, 11) is 0. The van der Waals surface area contributed by atoms with Gasteiger partial charge in [0.25, 0.3) is 5.91 Å². The predicted molar refractivity (Wildman–Crippen MR) is 81.3 cm³/mol. The summed E-state index contributed by atoms with van der Waals surface area (Å²) in [5, 5.41) is 3.05. The van der Waals surface area contributed by atoms with Gasteiger partial charge in [-0.15, -0.1) is 0 Å². The molecule has 2 aromatic carbocycles. The summed E-state index contributed by atoms with van der Waals surface area (Å²) in [5.41, 5.74) is 0.296. The summed E-state index contributed by atoms with van der Waals surface area (Å²) >= 11 is 5.73. The van der Waals surface area contributed by atoms with Gasteiger partial charge in [0.05, 0.1) is 5.56 Å². The van der Waals surface area contributed by atoms with Gasteiger partial charge >= 0.3 is 5.97 Å². The standard InChI is InChI=1S/C16H12ClF2NO3/c1-9(15(21)20-12-5-3-11(17)4-6-12)23-16(22)10-2-7-13(18)14(19)8-10/h2-9H,1H3,(H,20,21). The highest BCUT2D eigenvalue weighted by atomic mass is 35.5. The molecular weight excluding hydrogens is 328 g/mol. The first-order valence-electron chi connectivity index (χ1n) is 6.59. The van der Waals surface area contributed by atoms with Gasteiger partial charge in [-0.2, -0.15) is 0 Å². The van der Waals surface area contributed by atoms with Gasteiger partial charge < -0.3 is 10.1 Å². The Morgan fingerprint density at radius 3 is 2.35 bits per heavy atom. The molecule has 0 radical (unpaired) electrons. The summed E-state index contributed by atoms with van der Waals surface area (Å²) in [6.07, 6.45) is -1.12. The molecule has 0 bridgehead atoms. The van der Waals surface area contributed by atoms with E-state index in [-0.39, 0.29) is 5.56 Å². The molecule has 1 N–H and O–H groups in total. The van der Waals surface area contributed by atoms with Gasteiger partial charge in [0.1, 0.15) is 0 Å². The summed E-state index contributed by atoms with van der Waals surface area (Å²) in [5.74, 6) is -3.74. The molecule has 0 aliphatic heterocycles. The first-order chi connectivity index (χ1) is 10.9. The molecular formula is C16H12ClF2NO3. The number of carbonyl (C=O) groups excluding carboxylic acids is 2. The molecule has 2 rings (SSSR count). The van der Waals surface area contributed by atoms with E-state index in [0.29, 0.717) is 16.8 Å². The van der Waals surface area contributed by atoms with Crippen molar-refractivity contribution in [1.82, 2.24) is 0 Å². The lowest BCUT2D eigenvalue weighted by Gasteiger charge is -2.13. The topological polar surface area (TPSA) is 55.4 Å². The van der Waals surface area contributed by atoms with Crippen molar-refractivity contribution in [1.29, 1.82) is 0 Å². The Bertz CT molecular complexity index is 735. The molecule has 2 aromatic rings. The molecule has 0 aromatic heterocycles. The van der Waals surface area contributed by atoms with Crippen LogP contribution in [0.15, 0.2) is 42.5 Å². The van der Waals surface area contributed by atoms with Crippen molar-refractivity contribution in [2.45, 2.75) is 13.0 Å². The third kappa shape index (κ3) is 4.50. The summed E-state index contributed by atoms with van der Waals surface area (Å²) in [6.45, 7) is 1.36. The number of rotatable bonds is 4. The van der Waals surface area contributed by atoms with Crippen LogP contribution >= 0.6 is 11.6 Å². The van der Waals surface area contributed by atoms with Crippen LogP contribution in [0.2, 0.25) is 5.02 Å². The van der Waals surface area contributed by atoms with Crippen LogP contribution in [0.25, 0.3) is 0 Å². The van der Waals surface area contributed by atoms with Gasteiger partial charge in [-0.1, -0.05) is 11.6 Å². The second-order valence-electron chi connectivity index (χ2n) is 4.67. The highest BCUT2D eigenvalue weighted by Crippen LogP contribution is 2.15. The van der Waals surface area contributed by atoms with Crippen molar-refractivity contribution in [2.24, 2.45) is 0 Å². The van der Waals surface area contributed by atoms with Crippen molar-refractivity contribution in [3.05, 3.63) is 64.7 Å².